The molecule has 2 aliphatic rings. The molecule has 138 valence electrons. The van der Waals surface area contributed by atoms with Gasteiger partial charge in [0.15, 0.2) is 0 Å². The molecule has 0 spiro atoms. The van der Waals surface area contributed by atoms with Gasteiger partial charge in [-0.05, 0) is 85.3 Å². The third-order valence-electron chi connectivity index (χ3n) is 7.20. The molecule has 0 N–H and O–H groups in total. The maximum absolute atomic E-state index is 2.44. The van der Waals surface area contributed by atoms with Crippen LogP contribution in [0.5, 0.6) is 0 Å². The zero-order chi connectivity index (χ0) is 17.8. The summed E-state index contributed by atoms with van der Waals surface area (Å²) in [5, 5.41) is 0. The van der Waals surface area contributed by atoms with Gasteiger partial charge >= 0.3 is 0 Å². The Kier molecular flexibility index (Phi) is 5.78. The third kappa shape index (κ3) is 4.40. The van der Waals surface area contributed by atoms with E-state index in [-0.39, 0.29) is 0 Å². The van der Waals surface area contributed by atoms with E-state index in [1.807, 2.05) is 0 Å². The first-order chi connectivity index (χ1) is 12.8. The maximum atomic E-state index is 2.44. The van der Waals surface area contributed by atoms with E-state index in [1.165, 1.54) is 74.5 Å². The highest BCUT2D eigenvalue weighted by atomic mass is 14.3. The molecule has 4 rings (SSSR count). The van der Waals surface area contributed by atoms with E-state index in [0.29, 0.717) is 0 Å². The molecule has 0 aromatic heterocycles. The average Bonchev–Trinajstić information content (AvgIpc) is 2.71. The lowest BCUT2D eigenvalue weighted by Gasteiger charge is -2.37. The monoisotopic (exact) mass is 346 g/mol. The van der Waals surface area contributed by atoms with Crippen molar-refractivity contribution in [2.75, 3.05) is 0 Å². The van der Waals surface area contributed by atoms with Crippen LogP contribution in [0, 0.1) is 23.7 Å². The van der Waals surface area contributed by atoms with E-state index < -0.39 is 0 Å². The lowest BCUT2D eigenvalue weighted by Crippen LogP contribution is -2.25. The van der Waals surface area contributed by atoms with Crippen LogP contribution in [-0.2, 0) is 6.42 Å². The zero-order valence-corrected chi connectivity index (χ0v) is 16.4. The van der Waals surface area contributed by atoms with Crippen molar-refractivity contribution in [3.63, 3.8) is 0 Å². The topological polar surface area (TPSA) is 0 Å². The van der Waals surface area contributed by atoms with E-state index in [9.17, 15) is 0 Å². The molecule has 26 heavy (non-hydrogen) atoms. The summed E-state index contributed by atoms with van der Waals surface area (Å²) in [6, 6.07) is 20.0. The standard InChI is InChI=1S/C26H34/c1-20-7-13-24(14-8-20)26-17-11-22(12-18-26)19-21-9-15-25(16-10-21)23-5-3-2-4-6-23/h2-6,9-10,15-16,20,22,24,26H,7-8,11-14,17-19H2,1H3. The van der Waals surface area contributed by atoms with Gasteiger partial charge in [-0.15, -0.1) is 0 Å². The first-order valence-corrected chi connectivity index (χ1v) is 10.9. The van der Waals surface area contributed by atoms with Crippen LogP contribution in [0.25, 0.3) is 11.1 Å². The van der Waals surface area contributed by atoms with Gasteiger partial charge < -0.3 is 0 Å². The van der Waals surface area contributed by atoms with Gasteiger partial charge in [-0.2, -0.15) is 0 Å². The molecular weight excluding hydrogens is 312 g/mol. The number of rotatable bonds is 4. The largest absolute Gasteiger partial charge is 0.0625 e. The Labute approximate surface area is 160 Å². The van der Waals surface area contributed by atoms with Crippen molar-refractivity contribution in [1.82, 2.24) is 0 Å². The summed E-state index contributed by atoms with van der Waals surface area (Å²) in [5.74, 6) is 3.99. The molecule has 2 aromatic carbocycles. The molecule has 0 aliphatic heterocycles. The van der Waals surface area contributed by atoms with Gasteiger partial charge in [-0.1, -0.05) is 74.4 Å². The van der Waals surface area contributed by atoms with Crippen molar-refractivity contribution in [3.8, 4) is 11.1 Å². The van der Waals surface area contributed by atoms with Gasteiger partial charge in [0.05, 0.1) is 0 Å². The molecule has 0 heterocycles. The summed E-state index contributed by atoms with van der Waals surface area (Å²) in [6.45, 7) is 2.44. The molecule has 0 unspecified atom stereocenters. The summed E-state index contributed by atoms with van der Waals surface area (Å²) >= 11 is 0. The molecule has 2 fully saturated rings. The van der Waals surface area contributed by atoms with Crippen molar-refractivity contribution < 1.29 is 0 Å². The predicted octanol–water partition coefficient (Wildman–Crippen LogP) is 7.53. The molecule has 0 heteroatoms. The van der Waals surface area contributed by atoms with E-state index in [2.05, 4.69) is 61.5 Å². The fourth-order valence-corrected chi connectivity index (χ4v) is 5.42. The molecule has 0 atom stereocenters. The second-order valence-electron chi connectivity index (χ2n) is 9.07. The average molecular weight is 347 g/mol. The van der Waals surface area contributed by atoms with Crippen LogP contribution in [0.1, 0.15) is 63.9 Å². The van der Waals surface area contributed by atoms with Gasteiger partial charge in [0.2, 0.25) is 0 Å². The quantitative estimate of drug-likeness (QED) is 0.536. The van der Waals surface area contributed by atoms with Crippen LogP contribution >= 0.6 is 0 Å². The van der Waals surface area contributed by atoms with Gasteiger partial charge in [-0.25, -0.2) is 0 Å². The van der Waals surface area contributed by atoms with Gasteiger partial charge in [0.25, 0.3) is 0 Å². The fraction of sp³-hybridized carbons (Fsp3) is 0.538. The second-order valence-corrected chi connectivity index (χ2v) is 9.07. The van der Waals surface area contributed by atoms with Crippen LogP contribution in [0.2, 0.25) is 0 Å². The molecule has 0 amide bonds. The Morgan fingerprint density at radius 3 is 1.77 bits per heavy atom. The van der Waals surface area contributed by atoms with Crippen molar-refractivity contribution in [2.45, 2.75) is 64.7 Å². The normalized spacial score (nSPS) is 29.4. The molecule has 2 saturated carbocycles. The molecule has 0 radical (unpaired) electrons. The van der Waals surface area contributed by atoms with E-state index in [1.54, 1.807) is 0 Å². The number of hydrogen-bond donors (Lipinski definition) is 0. The fourth-order valence-electron chi connectivity index (χ4n) is 5.42. The summed E-state index contributed by atoms with van der Waals surface area (Å²) in [6.07, 6.45) is 13.2. The summed E-state index contributed by atoms with van der Waals surface area (Å²) in [7, 11) is 0. The minimum absolute atomic E-state index is 0.913. The predicted molar refractivity (Wildman–Crippen MR) is 112 cm³/mol. The smallest absolute Gasteiger partial charge is 0.0184 e. The Balaban J connectivity index is 1.28. The zero-order valence-electron chi connectivity index (χ0n) is 16.4. The second kappa shape index (κ2) is 8.42. The van der Waals surface area contributed by atoms with Crippen LogP contribution in [0.3, 0.4) is 0 Å². The molecular formula is C26H34. The Morgan fingerprint density at radius 1 is 0.615 bits per heavy atom. The summed E-state index contributed by atoms with van der Waals surface area (Å²) in [5.41, 5.74) is 4.19. The minimum atomic E-state index is 0.913. The molecule has 0 nitrogen and oxygen atoms in total. The first kappa shape index (κ1) is 17.8. The Bertz CT molecular complexity index is 653. The molecule has 2 aromatic rings. The van der Waals surface area contributed by atoms with Crippen LogP contribution in [0.4, 0.5) is 0 Å². The van der Waals surface area contributed by atoms with Crippen molar-refractivity contribution in [2.24, 2.45) is 23.7 Å². The van der Waals surface area contributed by atoms with Gasteiger partial charge in [0.1, 0.15) is 0 Å². The summed E-state index contributed by atoms with van der Waals surface area (Å²) < 4.78 is 0. The maximum Gasteiger partial charge on any atom is -0.0184 e. The Morgan fingerprint density at radius 2 is 1.15 bits per heavy atom. The lowest BCUT2D eigenvalue weighted by atomic mass is 9.69. The highest BCUT2D eigenvalue weighted by Crippen LogP contribution is 2.41. The number of hydrogen-bond acceptors (Lipinski definition) is 0. The first-order valence-electron chi connectivity index (χ1n) is 10.9. The molecule has 0 bridgehead atoms. The van der Waals surface area contributed by atoms with E-state index in [0.717, 1.165) is 23.7 Å². The Hall–Kier alpha value is -1.56. The SMILES string of the molecule is CC1CCC(C2CCC(Cc3ccc(-c4ccccc4)cc3)CC2)CC1. The lowest BCUT2D eigenvalue weighted by molar-refractivity contribution is 0.150. The third-order valence-corrected chi connectivity index (χ3v) is 7.20. The summed E-state index contributed by atoms with van der Waals surface area (Å²) in [4.78, 5) is 0. The highest BCUT2D eigenvalue weighted by molar-refractivity contribution is 5.63. The van der Waals surface area contributed by atoms with Crippen molar-refractivity contribution in [3.05, 3.63) is 60.2 Å². The van der Waals surface area contributed by atoms with E-state index >= 15 is 0 Å². The van der Waals surface area contributed by atoms with Crippen LogP contribution in [-0.4, -0.2) is 0 Å². The van der Waals surface area contributed by atoms with Crippen molar-refractivity contribution >= 4 is 0 Å². The van der Waals surface area contributed by atoms with Gasteiger partial charge in [0, 0.05) is 0 Å². The van der Waals surface area contributed by atoms with Crippen LogP contribution < -0.4 is 0 Å². The molecule has 0 saturated heterocycles. The van der Waals surface area contributed by atoms with Gasteiger partial charge in [-0.3, -0.25) is 0 Å². The van der Waals surface area contributed by atoms with Crippen molar-refractivity contribution in [1.29, 1.82) is 0 Å². The minimum Gasteiger partial charge on any atom is -0.0625 e. The molecule has 2 aliphatic carbocycles. The van der Waals surface area contributed by atoms with Crippen LogP contribution in [0.15, 0.2) is 54.6 Å². The highest BCUT2D eigenvalue weighted by Gasteiger charge is 2.29. The number of benzene rings is 2. The van der Waals surface area contributed by atoms with E-state index in [4.69, 9.17) is 0 Å².